The van der Waals surface area contributed by atoms with Crippen LogP contribution >= 0.6 is 0 Å². The molecule has 0 saturated heterocycles. The molecule has 0 aliphatic carbocycles. The number of benzene rings is 2. The number of nitrogens with one attached hydrogen (secondary N) is 2. The summed E-state index contributed by atoms with van der Waals surface area (Å²) in [5.74, 6) is -0.630. The van der Waals surface area contributed by atoms with Crippen LogP contribution in [0.25, 0.3) is 0 Å². The quantitative estimate of drug-likeness (QED) is 0.495. The van der Waals surface area contributed by atoms with Crippen molar-refractivity contribution in [2.75, 3.05) is 20.6 Å². The van der Waals surface area contributed by atoms with Crippen LogP contribution in [0.5, 0.6) is 0 Å². The molecule has 3 aromatic rings. The van der Waals surface area contributed by atoms with Gasteiger partial charge >= 0.3 is 0 Å². The molecule has 1 amide bonds. The zero-order valence-corrected chi connectivity index (χ0v) is 19.8. The summed E-state index contributed by atoms with van der Waals surface area (Å²) in [6, 6.07) is 14.3. The van der Waals surface area contributed by atoms with Gasteiger partial charge in [0.25, 0.3) is 10.0 Å². The second-order valence-electron chi connectivity index (χ2n) is 7.21. The van der Waals surface area contributed by atoms with Gasteiger partial charge in [-0.25, -0.2) is 31.5 Å². The van der Waals surface area contributed by atoms with Crippen LogP contribution in [0.15, 0.2) is 71.8 Å². The molecule has 0 bridgehead atoms. The Hall–Kier alpha value is -3.51. The Labute approximate surface area is 192 Å². The number of aromatic nitrogens is 2. The van der Waals surface area contributed by atoms with Crippen molar-refractivity contribution in [2.24, 2.45) is 0 Å². The van der Waals surface area contributed by atoms with Gasteiger partial charge in [0.05, 0.1) is 16.8 Å². The van der Waals surface area contributed by atoms with Crippen LogP contribution in [0.2, 0.25) is 0 Å². The van der Waals surface area contributed by atoms with Gasteiger partial charge in [0.15, 0.2) is 0 Å². The highest BCUT2D eigenvalue weighted by molar-refractivity contribution is 7.92. The van der Waals surface area contributed by atoms with Gasteiger partial charge in [-0.05, 0) is 56.3 Å². The highest BCUT2D eigenvalue weighted by Crippen LogP contribution is 2.22. The predicted octanol–water partition coefficient (Wildman–Crippen LogP) is 2.38. The molecule has 0 saturated carbocycles. The molecule has 12 heteroatoms. The van der Waals surface area contributed by atoms with Crippen LogP contribution in [0.1, 0.15) is 12.6 Å². The SMILES string of the molecule is Cc1ccnc(NS(=O)(=O)c2ccc(NC(=O)[C@@H](C)N(c3ccccc3)S(C)(=O)=O)cc2)n1. The number of hydrogen-bond donors (Lipinski definition) is 2. The molecule has 0 aliphatic heterocycles. The van der Waals surface area contributed by atoms with Crippen LogP contribution < -0.4 is 14.3 Å². The largest absolute Gasteiger partial charge is 0.324 e. The Morgan fingerprint density at radius 3 is 2.18 bits per heavy atom. The Morgan fingerprint density at radius 2 is 1.61 bits per heavy atom. The number of anilines is 3. The Morgan fingerprint density at radius 1 is 0.970 bits per heavy atom. The van der Waals surface area contributed by atoms with E-state index >= 15 is 0 Å². The molecular formula is C21H23N5O5S2. The van der Waals surface area contributed by atoms with Crippen LogP contribution in [0, 0.1) is 6.92 Å². The zero-order chi connectivity index (χ0) is 24.2. The van der Waals surface area contributed by atoms with E-state index < -0.39 is 32.0 Å². The fourth-order valence-electron chi connectivity index (χ4n) is 3.03. The van der Waals surface area contributed by atoms with Crippen LogP contribution in [-0.2, 0) is 24.8 Å². The van der Waals surface area contributed by atoms with E-state index in [0.717, 1.165) is 10.6 Å². The molecule has 1 heterocycles. The number of rotatable bonds is 8. The summed E-state index contributed by atoms with van der Waals surface area (Å²) >= 11 is 0. The number of hydrogen-bond acceptors (Lipinski definition) is 7. The van der Waals surface area contributed by atoms with E-state index in [1.807, 2.05) is 0 Å². The zero-order valence-electron chi connectivity index (χ0n) is 18.1. The number of nitrogens with zero attached hydrogens (tertiary/aromatic N) is 3. The van der Waals surface area contributed by atoms with Crippen molar-refractivity contribution in [2.45, 2.75) is 24.8 Å². The van der Waals surface area contributed by atoms with E-state index in [9.17, 15) is 21.6 Å². The third-order valence-electron chi connectivity index (χ3n) is 4.55. The lowest BCUT2D eigenvalue weighted by Crippen LogP contribution is -2.45. The van der Waals surface area contributed by atoms with Crippen molar-refractivity contribution < 1.29 is 21.6 Å². The predicted molar refractivity (Wildman–Crippen MR) is 126 cm³/mol. The first-order valence-electron chi connectivity index (χ1n) is 9.75. The van der Waals surface area contributed by atoms with Crippen molar-refractivity contribution in [3.05, 3.63) is 72.6 Å². The first-order valence-corrected chi connectivity index (χ1v) is 13.1. The Bertz CT molecular complexity index is 1350. The van der Waals surface area contributed by atoms with Gasteiger partial charge in [0, 0.05) is 17.6 Å². The lowest BCUT2D eigenvalue weighted by atomic mass is 10.2. The standard InChI is InChI=1S/C21H23N5O5S2/c1-15-13-14-22-21(23-15)25-33(30,31)19-11-9-17(10-12-19)24-20(27)16(2)26(32(3,28)29)18-7-5-4-6-8-18/h4-14,16H,1-3H3,(H,24,27)(H,22,23,25)/t16-/m1/s1. The maximum atomic E-state index is 12.8. The average molecular weight is 490 g/mol. The van der Waals surface area contributed by atoms with Gasteiger partial charge in [0.1, 0.15) is 6.04 Å². The first-order chi connectivity index (χ1) is 15.5. The van der Waals surface area contributed by atoms with Gasteiger partial charge in [-0.3, -0.25) is 9.10 Å². The second-order valence-corrected chi connectivity index (χ2v) is 10.8. The molecule has 10 nitrogen and oxygen atoms in total. The molecule has 1 aromatic heterocycles. The lowest BCUT2D eigenvalue weighted by Gasteiger charge is -2.28. The summed E-state index contributed by atoms with van der Waals surface area (Å²) < 4.78 is 53.1. The van der Waals surface area contributed by atoms with E-state index in [4.69, 9.17) is 0 Å². The smallest absolute Gasteiger partial charge is 0.264 e. The van der Waals surface area contributed by atoms with E-state index in [0.29, 0.717) is 17.1 Å². The van der Waals surface area contributed by atoms with Gasteiger partial charge in [-0.1, -0.05) is 18.2 Å². The minimum atomic E-state index is -3.94. The monoisotopic (exact) mass is 489 g/mol. The summed E-state index contributed by atoms with van der Waals surface area (Å²) in [7, 11) is -7.68. The molecule has 2 N–H and O–H groups in total. The van der Waals surface area contributed by atoms with E-state index in [1.165, 1.54) is 37.4 Å². The third-order valence-corrected chi connectivity index (χ3v) is 7.14. The van der Waals surface area contributed by atoms with Crippen molar-refractivity contribution in [1.82, 2.24) is 9.97 Å². The maximum Gasteiger partial charge on any atom is 0.264 e. The lowest BCUT2D eigenvalue weighted by molar-refractivity contribution is -0.116. The summed E-state index contributed by atoms with van der Waals surface area (Å²) in [6.07, 6.45) is 2.46. The van der Waals surface area contributed by atoms with Gasteiger partial charge in [-0.15, -0.1) is 0 Å². The van der Waals surface area contributed by atoms with E-state index in [2.05, 4.69) is 20.0 Å². The number of carbonyl (C=O) groups excluding carboxylic acids is 1. The van der Waals surface area contributed by atoms with Crippen LogP contribution in [-0.4, -0.2) is 45.0 Å². The maximum absolute atomic E-state index is 12.8. The first kappa shape index (κ1) is 24.1. The fraction of sp³-hybridized carbons (Fsp3) is 0.190. The summed E-state index contributed by atoms with van der Waals surface area (Å²) in [4.78, 5) is 20.6. The Balaban J connectivity index is 1.75. The van der Waals surface area contributed by atoms with Crippen LogP contribution in [0.3, 0.4) is 0 Å². The van der Waals surface area contributed by atoms with Crippen molar-refractivity contribution in [3.63, 3.8) is 0 Å². The number of sulfonamides is 2. The fourth-order valence-corrected chi connectivity index (χ4v) is 5.15. The summed E-state index contributed by atoms with van der Waals surface area (Å²) in [6.45, 7) is 3.18. The molecule has 0 fully saturated rings. The number of para-hydroxylation sites is 1. The molecule has 3 rings (SSSR count). The summed E-state index contributed by atoms with van der Waals surface area (Å²) in [5, 5.41) is 2.61. The normalized spacial score (nSPS) is 12.6. The van der Waals surface area contributed by atoms with Crippen molar-refractivity contribution >= 4 is 43.3 Å². The minimum absolute atomic E-state index is 0.0528. The molecule has 0 unspecified atom stereocenters. The molecule has 1 atom stereocenters. The van der Waals surface area contributed by atoms with Crippen LogP contribution in [0.4, 0.5) is 17.3 Å². The molecule has 0 spiro atoms. The average Bonchev–Trinajstić information content (AvgIpc) is 2.73. The summed E-state index contributed by atoms with van der Waals surface area (Å²) in [5.41, 5.74) is 1.26. The van der Waals surface area contributed by atoms with Crippen molar-refractivity contribution in [3.8, 4) is 0 Å². The van der Waals surface area contributed by atoms with E-state index in [1.54, 1.807) is 43.3 Å². The highest BCUT2D eigenvalue weighted by atomic mass is 32.2. The molecule has 0 aliphatic rings. The number of carbonyl (C=O) groups is 1. The topological polar surface area (TPSA) is 138 Å². The number of amides is 1. The van der Waals surface area contributed by atoms with E-state index in [-0.39, 0.29) is 10.8 Å². The molecule has 174 valence electrons. The number of aryl methyl sites for hydroxylation is 1. The highest BCUT2D eigenvalue weighted by Gasteiger charge is 2.29. The Kier molecular flexibility index (Phi) is 6.98. The third kappa shape index (κ3) is 6.05. The van der Waals surface area contributed by atoms with Gasteiger partial charge in [-0.2, -0.15) is 0 Å². The van der Waals surface area contributed by atoms with Crippen molar-refractivity contribution in [1.29, 1.82) is 0 Å². The molecule has 2 aromatic carbocycles. The van der Waals surface area contributed by atoms with Gasteiger partial charge < -0.3 is 5.32 Å². The molecule has 0 radical (unpaired) electrons. The minimum Gasteiger partial charge on any atom is -0.324 e. The molecular weight excluding hydrogens is 466 g/mol. The molecule has 33 heavy (non-hydrogen) atoms. The van der Waals surface area contributed by atoms with Gasteiger partial charge in [0.2, 0.25) is 21.9 Å². The second kappa shape index (κ2) is 9.55.